The Morgan fingerprint density at radius 3 is 2.56 bits per heavy atom. The third-order valence-electron chi connectivity index (χ3n) is 5.95. The van der Waals surface area contributed by atoms with Gasteiger partial charge in [-0.2, -0.15) is 0 Å². The van der Waals surface area contributed by atoms with Crippen molar-refractivity contribution in [2.24, 2.45) is 5.92 Å². The zero-order valence-corrected chi connectivity index (χ0v) is 19.8. The molecule has 0 aromatic heterocycles. The van der Waals surface area contributed by atoms with Crippen LogP contribution in [0.2, 0.25) is 0 Å². The summed E-state index contributed by atoms with van der Waals surface area (Å²) in [4.78, 5) is 40.8. The maximum Gasteiger partial charge on any atom is 0.327 e. The van der Waals surface area contributed by atoms with E-state index in [0.717, 1.165) is 4.90 Å². The lowest BCUT2D eigenvalue weighted by atomic mass is 9.96. The molecule has 9 nitrogen and oxygen atoms in total. The zero-order chi connectivity index (χ0) is 24.4. The number of urea groups is 1. The third-order valence-corrected chi connectivity index (χ3v) is 7.16. The van der Waals surface area contributed by atoms with Crippen molar-refractivity contribution < 1.29 is 23.5 Å². The topological polar surface area (TPSA) is 103 Å². The van der Waals surface area contributed by atoms with Gasteiger partial charge in [0, 0.05) is 19.7 Å². The Morgan fingerprint density at radius 1 is 1.12 bits per heavy atom. The number of anilines is 1. The van der Waals surface area contributed by atoms with Crippen molar-refractivity contribution in [3.05, 3.63) is 59.9 Å². The van der Waals surface area contributed by atoms with Crippen molar-refractivity contribution in [3.63, 3.8) is 0 Å². The van der Waals surface area contributed by atoms with Crippen molar-refractivity contribution in [1.82, 2.24) is 20.4 Å². The average molecular weight is 488 g/mol. The first kappa shape index (κ1) is 24.0. The van der Waals surface area contributed by atoms with E-state index in [2.05, 4.69) is 16.0 Å². The number of hydrogen-bond donors (Lipinski definition) is 3. The average Bonchev–Trinajstić information content (AvgIpc) is 2.85. The monoisotopic (exact) mass is 487 g/mol. The number of halogens is 1. The quantitative estimate of drug-likeness (QED) is 0.574. The molecule has 0 spiro atoms. The molecule has 4 unspecified atom stereocenters. The van der Waals surface area contributed by atoms with E-state index in [1.165, 1.54) is 36.9 Å². The second-order valence-electron chi connectivity index (χ2n) is 8.03. The van der Waals surface area contributed by atoms with Gasteiger partial charge in [0.25, 0.3) is 0 Å². The second-order valence-corrected chi connectivity index (χ2v) is 9.16. The van der Waals surface area contributed by atoms with Crippen LogP contribution in [0.4, 0.5) is 14.9 Å². The Balaban J connectivity index is 1.55. The fourth-order valence-corrected chi connectivity index (χ4v) is 5.29. The van der Waals surface area contributed by atoms with E-state index in [1.807, 2.05) is 0 Å². The highest BCUT2D eigenvalue weighted by atomic mass is 32.2. The first-order chi connectivity index (χ1) is 16.3. The van der Waals surface area contributed by atoms with Crippen LogP contribution in [-0.4, -0.2) is 66.1 Å². The molecule has 2 aliphatic heterocycles. The first-order valence-electron chi connectivity index (χ1n) is 10.7. The van der Waals surface area contributed by atoms with Crippen molar-refractivity contribution in [2.45, 2.75) is 17.7 Å². The molecule has 2 fully saturated rings. The van der Waals surface area contributed by atoms with Crippen LogP contribution in [0.5, 0.6) is 5.75 Å². The fraction of sp³-hybridized carbons (Fsp3) is 0.348. The number of nitrogens with one attached hydrogen (secondary N) is 3. The molecule has 4 atom stereocenters. The highest BCUT2D eigenvalue weighted by molar-refractivity contribution is 8.00. The fourth-order valence-electron chi connectivity index (χ4n) is 4.19. The number of nitrogens with zero attached hydrogens (tertiary/aromatic N) is 2. The summed E-state index contributed by atoms with van der Waals surface area (Å²) in [5, 5.41) is 8.70. The number of hydrogen-bond acceptors (Lipinski definition) is 7. The molecule has 3 N–H and O–H groups in total. The maximum atomic E-state index is 14.5. The first-order valence-corrected chi connectivity index (χ1v) is 11.7. The van der Waals surface area contributed by atoms with E-state index >= 15 is 0 Å². The Hall–Kier alpha value is -3.15. The molecule has 2 aromatic carbocycles. The molecular weight excluding hydrogens is 461 g/mol. The molecule has 2 saturated heterocycles. The Kier molecular flexibility index (Phi) is 7.05. The summed E-state index contributed by atoms with van der Waals surface area (Å²) in [7, 11) is 4.54. The number of para-hydroxylation sites is 2. The molecule has 34 heavy (non-hydrogen) atoms. The van der Waals surface area contributed by atoms with Crippen LogP contribution in [0.25, 0.3) is 0 Å². The summed E-state index contributed by atoms with van der Waals surface area (Å²) >= 11 is 1.23. The SMILES string of the molecule is COc1ccccc1NC(=O)CSC1NC(c2ccccc2F)NC2C1C(=O)N(C)C(=O)N2C. The summed E-state index contributed by atoms with van der Waals surface area (Å²) in [5.74, 6) is -1.20. The molecule has 180 valence electrons. The van der Waals surface area contributed by atoms with Gasteiger partial charge in [0.05, 0.1) is 42.2 Å². The number of carbonyl (C=O) groups excluding carboxylic acids is 3. The van der Waals surface area contributed by atoms with Crippen LogP contribution in [0.15, 0.2) is 48.5 Å². The van der Waals surface area contributed by atoms with Crippen LogP contribution < -0.4 is 20.7 Å². The predicted octanol–water partition coefficient (Wildman–Crippen LogP) is 2.19. The van der Waals surface area contributed by atoms with Crippen molar-refractivity contribution in [2.75, 3.05) is 32.3 Å². The van der Waals surface area contributed by atoms with E-state index < -0.39 is 35.5 Å². The van der Waals surface area contributed by atoms with Gasteiger partial charge in [-0.05, 0) is 18.2 Å². The molecular formula is C23H26FN5O4S. The van der Waals surface area contributed by atoms with Crippen LogP contribution in [-0.2, 0) is 9.59 Å². The minimum Gasteiger partial charge on any atom is -0.495 e. The Bertz CT molecular complexity index is 1100. The molecule has 0 saturated carbocycles. The van der Waals surface area contributed by atoms with Gasteiger partial charge in [0.15, 0.2) is 0 Å². The van der Waals surface area contributed by atoms with Gasteiger partial charge in [-0.3, -0.25) is 25.1 Å². The lowest BCUT2D eigenvalue weighted by Crippen LogP contribution is -2.72. The van der Waals surface area contributed by atoms with Crippen molar-refractivity contribution in [1.29, 1.82) is 0 Å². The van der Waals surface area contributed by atoms with Crippen LogP contribution in [0, 0.1) is 11.7 Å². The molecule has 2 heterocycles. The standard InChI is InChI=1S/C23H26FN5O4S/c1-28-20-18(22(31)29(2)23(28)32)21(27-19(26-20)13-8-4-5-9-14(13)24)34-12-17(30)25-15-10-6-7-11-16(15)33-3/h4-11,18-21,26-27H,12H2,1-3H3,(H,25,30). The van der Waals surface area contributed by atoms with Crippen LogP contribution in [0.1, 0.15) is 11.7 Å². The number of methoxy groups -OCH3 is 1. The number of rotatable bonds is 6. The van der Waals surface area contributed by atoms with Crippen LogP contribution in [0.3, 0.4) is 0 Å². The Labute approximate surface area is 201 Å². The maximum absolute atomic E-state index is 14.5. The number of amides is 4. The number of imide groups is 1. The minimum atomic E-state index is -0.681. The largest absolute Gasteiger partial charge is 0.495 e. The van der Waals surface area contributed by atoms with Gasteiger partial charge in [0.2, 0.25) is 11.8 Å². The van der Waals surface area contributed by atoms with Gasteiger partial charge in [-0.1, -0.05) is 30.3 Å². The van der Waals surface area contributed by atoms with Gasteiger partial charge in [0.1, 0.15) is 11.6 Å². The summed E-state index contributed by atoms with van der Waals surface area (Å²) in [6, 6.07) is 12.9. The molecule has 0 radical (unpaired) electrons. The van der Waals surface area contributed by atoms with Gasteiger partial charge in [-0.25, -0.2) is 9.18 Å². The molecule has 4 amide bonds. The number of fused-ring (bicyclic) bond motifs is 1. The van der Waals surface area contributed by atoms with Gasteiger partial charge in [-0.15, -0.1) is 11.8 Å². The van der Waals surface area contributed by atoms with E-state index in [4.69, 9.17) is 4.74 Å². The lowest BCUT2D eigenvalue weighted by molar-refractivity contribution is -0.140. The van der Waals surface area contributed by atoms with E-state index in [0.29, 0.717) is 17.0 Å². The lowest BCUT2D eigenvalue weighted by Gasteiger charge is -2.50. The summed E-state index contributed by atoms with van der Waals surface area (Å²) in [5.41, 5.74) is 0.895. The third kappa shape index (κ3) is 4.59. The molecule has 2 aliphatic rings. The Morgan fingerprint density at radius 2 is 1.82 bits per heavy atom. The minimum absolute atomic E-state index is 0.0254. The van der Waals surface area contributed by atoms with Gasteiger partial charge >= 0.3 is 6.03 Å². The highest BCUT2D eigenvalue weighted by Crippen LogP contribution is 2.35. The normalized spacial score (nSPS) is 24.6. The molecule has 0 aliphatic carbocycles. The number of benzene rings is 2. The number of ether oxygens (including phenoxy) is 1. The number of thioether (sulfide) groups is 1. The summed E-state index contributed by atoms with van der Waals surface area (Å²) in [6.07, 6.45) is -1.33. The summed E-state index contributed by atoms with van der Waals surface area (Å²) < 4.78 is 19.8. The molecule has 11 heteroatoms. The second kappa shape index (κ2) is 10.00. The van der Waals surface area contributed by atoms with E-state index in [-0.39, 0.29) is 17.6 Å². The van der Waals surface area contributed by atoms with Crippen LogP contribution >= 0.6 is 11.8 Å². The van der Waals surface area contributed by atoms with Crippen molar-refractivity contribution >= 4 is 35.3 Å². The van der Waals surface area contributed by atoms with Crippen molar-refractivity contribution in [3.8, 4) is 5.75 Å². The molecule has 0 bridgehead atoms. The van der Waals surface area contributed by atoms with Gasteiger partial charge < -0.3 is 15.0 Å². The van der Waals surface area contributed by atoms with E-state index in [9.17, 15) is 18.8 Å². The highest BCUT2D eigenvalue weighted by Gasteiger charge is 2.51. The molecule has 4 rings (SSSR count). The smallest absolute Gasteiger partial charge is 0.327 e. The zero-order valence-electron chi connectivity index (χ0n) is 18.9. The summed E-state index contributed by atoms with van der Waals surface area (Å²) in [6.45, 7) is 0. The number of carbonyl (C=O) groups is 3. The molecule has 2 aromatic rings. The van der Waals surface area contributed by atoms with E-state index in [1.54, 1.807) is 49.5 Å². The predicted molar refractivity (Wildman–Crippen MR) is 126 cm³/mol.